The highest BCUT2D eigenvalue weighted by molar-refractivity contribution is 7.07. The van der Waals surface area contributed by atoms with Crippen LogP contribution in [0.3, 0.4) is 0 Å². The SMILES string of the molecule is COC(=O)C1=C(C)N=c2sc(=Cc3ccc(N(C)C)cc3)c(=O)n2C1c1ccc(F)cc1. The summed E-state index contributed by atoms with van der Waals surface area (Å²) in [5.41, 5.74) is 2.99. The standard InChI is InChI=1S/C24H22FN3O3S/c1-14-20(23(30)31-4)21(16-7-9-17(25)10-8-16)28-22(29)19(32-24(28)26-14)13-15-5-11-18(12-6-15)27(2)3/h5-13,21H,1-4H3. The predicted molar refractivity (Wildman–Crippen MR) is 123 cm³/mol. The van der Waals surface area contributed by atoms with Crippen LogP contribution in [0.4, 0.5) is 10.1 Å². The van der Waals surface area contributed by atoms with E-state index in [1.165, 1.54) is 35.1 Å². The third kappa shape index (κ3) is 3.89. The molecule has 1 aliphatic heterocycles. The molecule has 8 heteroatoms. The molecule has 0 aliphatic carbocycles. The number of hydrogen-bond acceptors (Lipinski definition) is 6. The lowest BCUT2D eigenvalue weighted by Crippen LogP contribution is -2.39. The lowest BCUT2D eigenvalue weighted by molar-refractivity contribution is -0.136. The quantitative estimate of drug-likeness (QED) is 0.572. The van der Waals surface area contributed by atoms with Crippen LogP contribution in [0, 0.1) is 5.82 Å². The number of methoxy groups -OCH3 is 1. The second-order valence-corrected chi connectivity index (χ2v) is 8.62. The Morgan fingerprint density at radius 3 is 2.41 bits per heavy atom. The molecule has 1 atom stereocenters. The summed E-state index contributed by atoms with van der Waals surface area (Å²) in [7, 11) is 5.21. The summed E-state index contributed by atoms with van der Waals surface area (Å²) < 4.78 is 20.5. The number of allylic oxidation sites excluding steroid dienone is 1. The molecule has 0 saturated heterocycles. The number of fused-ring (bicyclic) bond motifs is 1. The van der Waals surface area contributed by atoms with Crippen LogP contribution < -0.4 is 19.8 Å². The molecule has 0 fully saturated rings. The maximum atomic E-state index is 13.6. The van der Waals surface area contributed by atoms with Crippen molar-refractivity contribution in [3.8, 4) is 0 Å². The normalized spacial score (nSPS) is 15.9. The van der Waals surface area contributed by atoms with Gasteiger partial charge in [0, 0.05) is 19.8 Å². The Balaban J connectivity index is 1.91. The third-order valence-corrected chi connectivity index (χ3v) is 6.30. The van der Waals surface area contributed by atoms with Gasteiger partial charge in [-0.3, -0.25) is 9.36 Å². The number of carbonyl (C=O) groups excluding carboxylic acids is 1. The van der Waals surface area contributed by atoms with Crippen LogP contribution in [0.5, 0.6) is 0 Å². The van der Waals surface area contributed by atoms with Gasteiger partial charge in [0.25, 0.3) is 5.56 Å². The van der Waals surface area contributed by atoms with Crippen LogP contribution in [0.15, 0.2) is 69.6 Å². The highest BCUT2D eigenvalue weighted by Gasteiger charge is 2.33. The molecule has 1 aliphatic rings. The van der Waals surface area contributed by atoms with Gasteiger partial charge in [0.05, 0.1) is 29.0 Å². The van der Waals surface area contributed by atoms with Crippen molar-refractivity contribution in [2.24, 2.45) is 4.99 Å². The van der Waals surface area contributed by atoms with Crippen LogP contribution >= 0.6 is 11.3 Å². The largest absolute Gasteiger partial charge is 0.466 e. The summed E-state index contributed by atoms with van der Waals surface area (Å²) in [6, 6.07) is 12.8. The van der Waals surface area contributed by atoms with Crippen molar-refractivity contribution in [1.82, 2.24) is 4.57 Å². The summed E-state index contributed by atoms with van der Waals surface area (Å²) in [4.78, 5) is 33.0. The maximum Gasteiger partial charge on any atom is 0.338 e. The number of nitrogens with zero attached hydrogens (tertiary/aromatic N) is 3. The maximum absolute atomic E-state index is 13.6. The van der Waals surface area contributed by atoms with Crippen molar-refractivity contribution < 1.29 is 13.9 Å². The first-order chi connectivity index (χ1) is 15.3. The first-order valence-corrected chi connectivity index (χ1v) is 10.8. The molecule has 0 amide bonds. The van der Waals surface area contributed by atoms with Gasteiger partial charge < -0.3 is 9.64 Å². The van der Waals surface area contributed by atoms with Crippen LogP contribution in [-0.4, -0.2) is 31.7 Å². The van der Waals surface area contributed by atoms with Crippen molar-refractivity contribution in [3.05, 3.63) is 96.4 Å². The molecule has 0 radical (unpaired) electrons. The molecule has 2 aromatic carbocycles. The Bertz CT molecular complexity index is 1380. The van der Waals surface area contributed by atoms with Crippen LogP contribution in [0.2, 0.25) is 0 Å². The minimum atomic E-state index is -0.752. The molecule has 1 unspecified atom stereocenters. The Labute approximate surface area is 188 Å². The van der Waals surface area contributed by atoms with E-state index >= 15 is 0 Å². The number of esters is 1. The van der Waals surface area contributed by atoms with Crippen molar-refractivity contribution in [3.63, 3.8) is 0 Å². The number of anilines is 1. The average Bonchev–Trinajstić information content (AvgIpc) is 3.08. The number of hydrogen-bond donors (Lipinski definition) is 0. The van der Waals surface area contributed by atoms with Crippen molar-refractivity contribution in [2.75, 3.05) is 26.1 Å². The molecular formula is C24H22FN3O3S. The zero-order valence-corrected chi connectivity index (χ0v) is 18.9. The van der Waals surface area contributed by atoms with E-state index in [9.17, 15) is 14.0 Å². The zero-order valence-electron chi connectivity index (χ0n) is 18.1. The topological polar surface area (TPSA) is 63.9 Å². The van der Waals surface area contributed by atoms with Gasteiger partial charge in [-0.15, -0.1) is 0 Å². The van der Waals surface area contributed by atoms with Gasteiger partial charge in [0.1, 0.15) is 5.82 Å². The lowest BCUT2D eigenvalue weighted by atomic mass is 9.96. The van der Waals surface area contributed by atoms with Crippen LogP contribution in [0.1, 0.15) is 24.1 Å². The summed E-state index contributed by atoms with van der Waals surface area (Å²) in [6.45, 7) is 1.71. The predicted octanol–water partition coefficient (Wildman–Crippen LogP) is 2.61. The lowest BCUT2D eigenvalue weighted by Gasteiger charge is -2.24. The van der Waals surface area contributed by atoms with Crippen molar-refractivity contribution >= 4 is 29.1 Å². The summed E-state index contributed by atoms with van der Waals surface area (Å²) in [6.07, 6.45) is 1.81. The first-order valence-electron chi connectivity index (χ1n) is 9.94. The molecule has 0 bridgehead atoms. The number of benzene rings is 2. The van der Waals surface area contributed by atoms with Gasteiger partial charge in [-0.2, -0.15) is 0 Å². The molecule has 0 saturated carbocycles. The first kappa shape index (κ1) is 21.7. The molecule has 3 aromatic rings. The average molecular weight is 452 g/mol. The van der Waals surface area contributed by atoms with Crippen molar-refractivity contribution in [1.29, 1.82) is 0 Å². The fourth-order valence-corrected chi connectivity index (χ4v) is 4.72. The number of ether oxygens (including phenoxy) is 1. The van der Waals surface area contributed by atoms with E-state index in [4.69, 9.17) is 4.74 Å². The van der Waals surface area contributed by atoms with Crippen LogP contribution in [-0.2, 0) is 9.53 Å². The van der Waals surface area contributed by atoms with Gasteiger partial charge in [0.15, 0.2) is 4.80 Å². The molecule has 4 rings (SSSR count). The molecule has 0 N–H and O–H groups in total. The summed E-state index contributed by atoms with van der Waals surface area (Å²) >= 11 is 1.25. The van der Waals surface area contributed by atoms with E-state index in [0.717, 1.165) is 11.3 Å². The smallest absolute Gasteiger partial charge is 0.338 e. The van der Waals surface area contributed by atoms with Gasteiger partial charge in [-0.25, -0.2) is 14.2 Å². The van der Waals surface area contributed by atoms with Gasteiger partial charge in [-0.05, 0) is 48.4 Å². The second-order valence-electron chi connectivity index (χ2n) is 7.61. The Hall–Kier alpha value is -3.52. The molecule has 6 nitrogen and oxygen atoms in total. The summed E-state index contributed by atoms with van der Waals surface area (Å²) in [5.74, 6) is -0.975. The number of aromatic nitrogens is 1. The van der Waals surface area contributed by atoms with Gasteiger partial charge >= 0.3 is 5.97 Å². The molecule has 164 valence electrons. The van der Waals surface area contributed by atoms with Crippen molar-refractivity contribution in [2.45, 2.75) is 13.0 Å². The third-order valence-electron chi connectivity index (χ3n) is 5.32. The molecule has 32 heavy (non-hydrogen) atoms. The molecule has 1 aromatic heterocycles. The van der Waals surface area contributed by atoms with E-state index < -0.39 is 17.8 Å². The van der Waals surface area contributed by atoms with Gasteiger partial charge in [-0.1, -0.05) is 35.6 Å². The monoisotopic (exact) mass is 451 g/mol. The van der Waals surface area contributed by atoms with E-state index in [-0.39, 0.29) is 11.1 Å². The minimum Gasteiger partial charge on any atom is -0.466 e. The molecule has 0 spiro atoms. The van der Waals surface area contributed by atoms with E-state index in [0.29, 0.717) is 20.6 Å². The van der Waals surface area contributed by atoms with E-state index in [1.54, 1.807) is 19.1 Å². The minimum absolute atomic E-state index is 0.258. The Morgan fingerprint density at radius 1 is 1.16 bits per heavy atom. The zero-order chi connectivity index (χ0) is 23.0. The fraction of sp³-hybridized carbons (Fsp3) is 0.208. The second kappa shape index (κ2) is 8.55. The number of carbonyl (C=O) groups is 1. The molecule has 2 heterocycles. The fourth-order valence-electron chi connectivity index (χ4n) is 3.67. The number of thiazole rings is 1. The van der Waals surface area contributed by atoms with E-state index in [2.05, 4.69) is 4.99 Å². The van der Waals surface area contributed by atoms with Gasteiger partial charge in [0.2, 0.25) is 0 Å². The summed E-state index contributed by atoms with van der Waals surface area (Å²) in [5, 5.41) is 0. The Morgan fingerprint density at radius 2 is 1.81 bits per heavy atom. The van der Waals surface area contributed by atoms with Crippen LogP contribution in [0.25, 0.3) is 6.08 Å². The Kier molecular flexibility index (Phi) is 5.80. The van der Waals surface area contributed by atoms with E-state index in [1.807, 2.05) is 49.3 Å². The highest BCUT2D eigenvalue weighted by atomic mass is 32.1. The number of halogens is 1. The molecular weight excluding hydrogens is 429 g/mol. The number of rotatable bonds is 4. The highest BCUT2D eigenvalue weighted by Crippen LogP contribution is 2.30.